The average molecular weight is 391 g/mol. The van der Waals surface area contributed by atoms with Crippen LogP contribution in [0.2, 0.25) is 0 Å². The molecule has 0 aromatic heterocycles. The number of amides is 1. The molecule has 146 valence electrons. The predicted octanol–water partition coefficient (Wildman–Crippen LogP) is 3.10. The number of sulfonamides is 1. The number of methoxy groups -OCH3 is 1. The molecule has 0 aliphatic carbocycles. The van der Waals surface area contributed by atoms with Gasteiger partial charge in [0.1, 0.15) is 5.75 Å². The van der Waals surface area contributed by atoms with E-state index in [1.807, 2.05) is 44.2 Å². The summed E-state index contributed by atoms with van der Waals surface area (Å²) in [5.41, 5.74) is 3.67. The lowest BCUT2D eigenvalue weighted by Crippen LogP contribution is -2.32. The Morgan fingerprint density at radius 2 is 1.78 bits per heavy atom. The van der Waals surface area contributed by atoms with Gasteiger partial charge < -0.3 is 10.1 Å². The van der Waals surface area contributed by atoms with Crippen molar-refractivity contribution < 1.29 is 17.9 Å². The molecule has 0 bridgehead atoms. The van der Waals surface area contributed by atoms with E-state index < -0.39 is 10.0 Å². The minimum Gasteiger partial charge on any atom is -0.497 e. The van der Waals surface area contributed by atoms with E-state index in [-0.39, 0.29) is 25.4 Å². The van der Waals surface area contributed by atoms with Crippen molar-refractivity contribution in [3.63, 3.8) is 0 Å². The summed E-state index contributed by atoms with van der Waals surface area (Å²) in [7, 11) is -1.86. The number of nitrogens with zero attached hydrogens (tertiary/aromatic N) is 1. The van der Waals surface area contributed by atoms with Crippen LogP contribution in [0.25, 0.3) is 0 Å². The molecule has 2 aromatic carbocycles. The maximum absolute atomic E-state index is 12.3. The number of carbonyl (C=O) groups excluding carboxylic acids is 1. The molecule has 0 fully saturated rings. The molecule has 6 nitrogen and oxygen atoms in total. The Morgan fingerprint density at radius 1 is 1.11 bits per heavy atom. The molecule has 1 amide bonds. The molecule has 7 heteroatoms. The van der Waals surface area contributed by atoms with E-state index in [1.54, 1.807) is 19.2 Å². The average Bonchev–Trinajstić information content (AvgIpc) is 2.62. The summed E-state index contributed by atoms with van der Waals surface area (Å²) < 4.78 is 30.6. The van der Waals surface area contributed by atoms with Crippen molar-refractivity contribution >= 4 is 21.6 Å². The second-order valence-corrected chi connectivity index (χ2v) is 8.47. The first-order chi connectivity index (χ1) is 12.7. The molecular formula is C20H26N2O4S. The normalized spacial score (nSPS) is 11.4. The summed E-state index contributed by atoms with van der Waals surface area (Å²) >= 11 is 0. The minimum absolute atomic E-state index is 0.0800. The molecule has 0 spiro atoms. The van der Waals surface area contributed by atoms with Crippen molar-refractivity contribution in [2.75, 3.05) is 25.2 Å². The fourth-order valence-corrected chi connectivity index (χ4v) is 3.43. The molecule has 2 aromatic rings. The number of benzene rings is 2. The summed E-state index contributed by atoms with van der Waals surface area (Å²) in [6.45, 7) is 4.24. The maximum atomic E-state index is 12.3. The third-order valence-electron chi connectivity index (χ3n) is 4.45. The van der Waals surface area contributed by atoms with Gasteiger partial charge in [0.2, 0.25) is 15.9 Å². The number of hydrogen-bond acceptors (Lipinski definition) is 4. The fourth-order valence-electron chi connectivity index (χ4n) is 2.62. The number of hydrogen-bond donors (Lipinski definition) is 1. The van der Waals surface area contributed by atoms with Crippen LogP contribution in [-0.4, -0.2) is 38.5 Å². The van der Waals surface area contributed by atoms with Crippen molar-refractivity contribution in [1.82, 2.24) is 4.31 Å². The quantitative estimate of drug-likeness (QED) is 0.751. The third-order valence-corrected chi connectivity index (χ3v) is 5.70. The van der Waals surface area contributed by atoms with E-state index in [0.717, 1.165) is 28.6 Å². The van der Waals surface area contributed by atoms with Crippen LogP contribution in [0.15, 0.2) is 42.5 Å². The lowest BCUT2D eigenvalue weighted by molar-refractivity contribution is -0.116. The standard InChI is InChI=1S/C20H26N2O4S/c1-15-6-5-7-19(16(15)2)21-20(23)12-13-22(27(4,24)25)14-17-8-10-18(26-3)11-9-17/h5-11H,12-14H2,1-4H3,(H,21,23). The van der Waals surface area contributed by atoms with Gasteiger partial charge in [-0.3, -0.25) is 4.79 Å². The monoisotopic (exact) mass is 390 g/mol. The fraction of sp³-hybridized carbons (Fsp3) is 0.350. The van der Waals surface area contributed by atoms with Gasteiger partial charge in [-0.25, -0.2) is 8.42 Å². The largest absolute Gasteiger partial charge is 0.497 e. The van der Waals surface area contributed by atoms with Crippen LogP contribution in [-0.2, 0) is 21.4 Å². The van der Waals surface area contributed by atoms with E-state index >= 15 is 0 Å². The molecule has 0 saturated heterocycles. The highest BCUT2D eigenvalue weighted by Gasteiger charge is 2.18. The highest BCUT2D eigenvalue weighted by molar-refractivity contribution is 7.88. The van der Waals surface area contributed by atoms with Crippen molar-refractivity contribution in [2.45, 2.75) is 26.8 Å². The van der Waals surface area contributed by atoms with Crippen LogP contribution in [0.4, 0.5) is 5.69 Å². The van der Waals surface area contributed by atoms with Gasteiger partial charge in [-0.2, -0.15) is 4.31 Å². The summed E-state index contributed by atoms with van der Waals surface area (Å²) in [6, 6.07) is 12.9. The molecule has 0 aliphatic heterocycles. The molecule has 0 unspecified atom stereocenters. The topological polar surface area (TPSA) is 75.7 Å². The smallest absolute Gasteiger partial charge is 0.225 e. The summed E-state index contributed by atoms with van der Waals surface area (Å²) in [6.07, 6.45) is 1.23. The van der Waals surface area contributed by atoms with E-state index in [1.165, 1.54) is 4.31 Å². The van der Waals surface area contributed by atoms with Crippen molar-refractivity contribution in [3.05, 3.63) is 59.2 Å². The van der Waals surface area contributed by atoms with Gasteiger partial charge >= 0.3 is 0 Å². The van der Waals surface area contributed by atoms with Gasteiger partial charge in [0.15, 0.2) is 0 Å². The highest BCUT2D eigenvalue weighted by atomic mass is 32.2. The van der Waals surface area contributed by atoms with Gasteiger partial charge in [0.05, 0.1) is 13.4 Å². The van der Waals surface area contributed by atoms with Crippen LogP contribution in [0.1, 0.15) is 23.1 Å². The summed E-state index contributed by atoms with van der Waals surface area (Å²) in [5, 5.41) is 2.86. The number of carbonyl (C=O) groups is 1. The molecule has 0 heterocycles. The lowest BCUT2D eigenvalue weighted by atomic mass is 10.1. The molecule has 0 aliphatic rings. The number of aryl methyl sites for hydroxylation is 1. The number of anilines is 1. The van der Waals surface area contributed by atoms with Crippen LogP contribution in [0.3, 0.4) is 0 Å². The first-order valence-electron chi connectivity index (χ1n) is 8.65. The molecule has 2 rings (SSSR count). The van der Waals surface area contributed by atoms with E-state index in [4.69, 9.17) is 4.74 Å². The number of ether oxygens (including phenoxy) is 1. The second-order valence-electron chi connectivity index (χ2n) is 6.49. The van der Waals surface area contributed by atoms with Gasteiger partial charge in [-0.1, -0.05) is 24.3 Å². The first-order valence-corrected chi connectivity index (χ1v) is 10.5. The summed E-state index contributed by atoms with van der Waals surface area (Å²) in [5.74, 6) is 0.490. The predicted molar refractivity (Wildman–Crippen MR) is 107 cm³/mol. The molecule has 1 N–H and O–H groups in total. The second kappa shape index (κ2) is 9.01. The molecular weight excluding hydrogens is 364 g/mol. The van der Waals surface area contributed by atoms with E-state index in [9.17, 15) is 13.2 Å². The van der Waals surface area contributed by atoms with Crippen molar-refractivity contribution in [1.29, 1.82) is 0 Å². The maximum Gasteiger partial charge on any atom is 0.225 e. The molecule has 0 saturated carbocycles. The Hall–Kier alpha value is -2.38. The van der Waals surface area contributed by atoms with Crippen molar-refractivity contribution in [3.8, 4) is 5.75 Å². The third kappa shape index (κ3) is 6.08. The molecule has 27 heavy (non-hydrogen) atoms. The van der Waals surface area contributed by atoms with Gasteiger partial charge in [-0.15, -0.1) is 0 Å². The zero-order valence-corrected chi connectivity index (χ0v) is 17.0. The number of rotatable bonds is 8. The highest BCUT2D eigenvalue weighted by Crippen LogP contribution is 2.19. The lowest BCUT2D eigenvalue weighted by Gasteiger charge is -2.20. The molecule has 0 atom stereocenters. The Morgan fingerprint density at radius 3 is 2.37 bits per heavy atom. The Balaban J connectivity index is 2.01. The van der Waals surface area contributed by atoms with Gasteiger partial charge in [0, 0.05) is 25.2 Å². The van der Waals surface area contributed by atoms with E-state index in [2.05, 4.69) is 5.32 Å². The Kier molecular flexibility index (Phi) is 6.98. The van der Waals surface area contributed by atoms with Crippen LogP contribution < -0.4 is 10.1 Å². The van der Waals surface area contributed by atoms with Crippen LogP contribution in [0.5, 0.6) is 5.75 Å². The Bertz CT molecular complexity index is 893. The van der Waals surface area contributed by atoms with Gasteiger partial charge in [-0.05, 0) is 48.7 Å². The Labute approximate surface area is 161 Å². The van der Waals surface area contributed by atoms with Crippen LogP contribution >= 0.6 is 0 Å². The van der Waals surface area contributed by atoms with Crippen LogP contribution in [0, 0.1) is 13.8 Å². The molecule has 0 radical (unpaired) electrons. The summed E-state index contributed by atoms with van der Waals surface area (Å²) in [4.78, 5) is 12.3. The SMILES string of the molecule is COc1ccc(CN(CCC(=O)Nc2cccc(C)c2C)S(C)(=O)=O)cc1. The zero-order valence-electron chi connectivity index (χ0n) is 16.2. The van der Waals surface area contributed by atoms with Crippen molar-refractivity contribution in [2.24, 2.45) is 0 Å². The minimum atomic E-state index is -3.44. The van der Waals surface area contributed by atoms with Gasteiger partial charge in [0.25, 0.3) is 0 Å². The first kappa shape index (κ1) is 20.9. The number of nitrogens with one attached hydrogen (secondary N) is 1. The van der Waals surface area contributed by atoms with E-state index in [0.29, 0.717) is 5.75 Å². The zero-order chi connectivity index (χ0) is 20.0.